The summed E-state index contributed by atoms with van der Waals surface area (Å²) in [6.07, 6.45) is 0.907. The average molecular weight is 310 g/mol. The van der Waals surface area contributed by atoms with E-state index < -0.39 is 0 Å². The van der Waals surface area contributed by atoms with Crippen molar-refractivity contribution in [3.8, 4) is 0 Å². The third-order valence-corrected chi connectivity index (χ3v) is 4.15. The zero-order chi connectivity index (χ0) is 16.1. The number of carbonyl (C=O) groups is 1. The number of benzene rings is 2. The third kappa shape index (κ3) is 4.11. The van der Waals surface area contributed by atoms with E-state index in [0.717, 1.165) is 12.0 Å². The Morgan fingerprint density at radius 2 is 1.83 bits per heavy atom. The molecule has 0 aromatic heterocycles. The fourth-order valence-corrected chi connectivity index (χ4v) is 2.82. The quantitative estimate of drug-likeness (QED) is 0.943. The summed E-state index contributed by atoms with van der Waals surface area (Å²) in [6, 6.07) is 18.2. The summed E-state index contributed by atoms with van der Waals surface area (Å²) in [6.45, 7) is 1.76. The van der Waals surface area contributed by atoms with E-state index in [-0.39, 0.29) is 12.1 Å². The first kappa shape index (κ1) is 15.6. The third-order valence-electron chi connectivity index (χ3n) is 4.15. The molecule has 23 heavy (non-hydrogen) atoms. The van der Waals surface area contributed by atoms with Crippen LogP contribution in [0, 0.1) is 0 Å². The first-order valence-electron chi connectivity index (χ1n) is 7.93. The number of hydrogen-bond donors (Lipinski definition) is 1. The highest BCUT2D eigenvalue weighted by atomic mass is 16.5. The lowest BCUT2D eigenvalue weighted by Crippen LogP contribution is -2.43. The van der Waals surface area contributed by atoms with Gasteiger partial charge >= 0.3 is 6.03 Å². The van der Waals surface area contributed by atoms with E-state index in [9.17, 15) is 4.79 Å². The van der Waals surface area contributed by atoms with E-state index in [2.05, 4.69) is 23.5 Å². The van der Waals surface area contributed by atoms with Crippen LogP contribution in [0.2, 0.25) is 0 Å². The Balaban J connectivity index is 1.49. The summed E-state index contributed by atoms with van der Waals surface area (Å²) in [4.78, 5) is 13.9. The Bertz CT molecular complexity index is 657. The topological polar surface area (TPSA) is 41.6 Å². The molecule has 0 saturated carbocycles. The number of hydrogen-bond acceptors (Lipinski definition) is 2. The van der Waals surface area contributed by atoms with Gasteiger partial charge in [0.1, 0.15) is 0 Å². The number of nitrogens with one attached hydrogen (secondary N) is 1. The molecule has 120 valence electrons. The number of amides is 2. The second-order valence-electron chi connectivity index (χ2n) is 5.93. The molecule has 3 rings (SSSR count). The van der Waals surface area contributed by atoms with Gasteiger partial charge in [0.15, 0.2) is 0 Å². The van der Waals surface area contributed by atoms with Gasteiger partial charge in [-0.1, -0.05) is 54.6 Å². The van der Waals surface area contributed by atoms with Gasteiger partial charge in [-0.25, -0.2) is 4.79 Å². The zero-order valence-electron chi connectivity index (χ0n) is 13.4. The maximum absolute atomic E-state index is 12.2. The molecule has 1 unspecified atom stereocenters. The van der Waals surface area contributed by atoms with E-state index in [0.29, 0.717) is 19.7 Å². The van der Waals surface area contributed by atoms with Gasteiger partial charge in [-0.3, -0.25) is 0 Å². The van der Waals surface area contributed by atoms with E-state index in [1.807, 2.05) is 43.4 Å². The summed E-state index contributed by atoms with van der Waals surface area (Å²) in [5.74, 6) is 0. The van der Waals surface area contributed by atoms with Gasteiger partial charge < -0.3 is 15.0 Å². The van der Waals surface area contributed by atoms with E-state index >= 15 is 0 Å². The minimum atomic E-state index is -0.0729. The zero-order valence-corrected chi connectivity index (χ0v) is 13.4. The molecule has 2 amide bonds. The number of urea groups is 1. The minimum Gasteiger partial charge on any atom is -0.371 e. The van der Waals surface area contributed by atoms with Crippen LogP contribution in [0.3, 0.4) is 0 Å². The van der Waals surface area contributed by atoms with Crippen molar-refractivity contribution >= 4 is 6.03 Å². The Labute approximate surface area is 137 Å². The number of fused-ring (bicyclic) bond motifs is 1. The van der Waals surface area contributed by atoms with E-state index in [4.69, 9.17) is 4.74 Å². The highest BCUT2D eigenvalue weighted by Crippen LogP contribution is 2.20. The maximum atomic E-state index is 12.2. The Kier molecular flexibility index (Phi) is 4.93. The van der Waals surface area contributed by atoms with Crippen LogP contribution >= 0.6 is 0 Å². The fraction of sp³-hybridized carbons (Fsp3) is 0.316. The highest BCUT2D eigenvalue weighted by molar-refractivity contribution is 5.73. The normalized spacial score (nSPS) is 16.5. The van der Waals surface area contributed by atoms with Crippen LogP contribution in [-0.4, -0.2) is 30.6 Å². The Morgan fingerprint density at radius 1 is 1.13 bits per heavy atom. The van der Waals surface area contributed by atoms with Gasteiger partial charge in [0.05, 0.1) is 12.7 Å². The molecular formula is C19H22N2O2. The van der Waals surface area contributed by atoms with Crippen LogP contribution in [0.4, 0.5) is 4.79 Å². The maximum Gasteiger partial charge on any atom is 0.317 e. The second kappa shape index (κ2) is 7.29. The molecule has 1 atom stereocenters. The summed E-state index contributed by atoms with van der Waals surface area (Å²) < 4.78 is 5.87. The van der Waals surface area contributed by atoms with Gasteiger partial charge in [-0.2, -0.15) is 0 Å². The average Bonchev–Trinajstić information content (AvgIpc) is 2.60. The molecule has 2 aromatic carbocycles. The molecule has 1 aliphatic rings. The summed E-state index contributed by atoms with van der Waals surface area (Å²) in [5, 5.41) is 2.94. The molecule has 0 fully saturated rings. The van der Waals surface area contributed by atoms with Crippen LogP contribution < -0.4 is 5.32 Å². The van der Waals surface area contributed by atoms with Crippen LogP contribution in [0.15, 0.2) is 54.6 Å². The summed E-state index contributed by atoms with van der Waals surface area (Å²) >= 11 is 0. The first-order valence-corrected chi connectivity index (χ1v) is 7.93. The number of ether oxygens (including phenoxy) is 1. The molecule has 4 heteroatoms. The van der Waals surface area contributed by atoms with E-state index in [1.54, 1.807) is 4.90 Å². The van der Waals surface area contributed by atoms with Crippen LogP contribution in [0.5, 0.6) is 0 Å². The first-order chi connectivity index (χ1) is 11.2. The van der Waals surface area contributed by atoms with Crippen LogP contribution in [0.1, 0.15) is 16.7 Å². The molecule has 1 N–H and O–H groups in total. The Morgan fingerprint density at radius 3 is 2.61 bits per heavy atom. The number of nitrogens with zero attached hydrogens (tertiary/aromatic N) is 1. The monoisotopic (exact) mass is 310 g/mol. The number of rotatable bonds is 4. The predicted molar refractivity (Wildman–Crippen MR) is 90.0 cm³/mol. The van der Waals surface area contributed by atoms with E-state index in [1.165, 1.54) is 11.1 Å². The smallest absolute Gasteiger partial charge is 0.317 e. The lowest BCUT2D eigenvalue weighted by Gasteiger charge is -2.29. The standard InChI is InChI=1S/C19H22N2O2/c1-21(19(22)20-12-15-7-3-2-4-8-15)13-18-11-16-9-5-6-10-17(16)14-23-18/h2-10,18H,11-14H2,1H3,(H,20,22). The molecule has 0 aliphatic carbocycles. The van der Waals surface area contributed by atoms with Gasteiger partial charge in [0.2, 0.25) is 0 Å². The highest BCUT2D eigenvalue weighted by Gasteiger charge is 2.21. The SMILES string of the molecule is CN(CC1Cc2ccccc2CO1)C(=O)NCc1ccccc1. The largest absolute Gasteiger partial charge is 0.371 e. The summed E-state index contributed by atoms with van der Waals surface area (Å²) in [7, 11) is 1.81. The van der Waals surface area contributed by atoms with Crippen LogP contribution in [0.25, 0.3) is 0 Å². The second-order valence-corrected chi connectivity index (χ2v) is 5.93. The van der Waals surface area contributed by atoms with Crippen molar-refractivity contribution in [2.45, 2.75) is 25.7 Å². The van der Waals surface area contributed by atoms with Crippen molar-refractivity contribution in [1.29, 1.82) is 0 Å². The lowest BCUT2D eigenvalue weighted by molar-refractivity contribution is 0.0150. The molecular weight excluding hydrogens is 288 g/mol. The lowest BCUT2D eigenvalue weighted by atomic mass is 9.99. The molecule has 4 nitrogen and oxygen atoms in total. The minimum absolute atomic E-state index is 0.0531. The van der Waals surface area contributed by atoms with Crippen molar-refractivity contribution < 1.29 is 9.53 Å². The van der Waals surface area contributed by atoms with Crippen molar-refractivity contribution in [2.24, 2.45) is 0 Å². The van der Waals surface area contributed by atoms with Gasteiger partial charge in [-0.05, 0) is 16.7 Å². The number of likely N-dealkylation sites (N-methyl/N-ethyl adjacent to an activating group) is 1. The number of carbonyl (C=O) groups excluding carboxylic acids is 1. The van der Waals surface area contributed by atoms with Crippen LogP contribution in [-0.2, 0) is 24.3 Å². The molecule has 0 radical (unpaired) electrons. The molecule has 2 aromatic rings. The molecule has 1 heterocycles. The molecule has 1 aliphatic heterocycles. The summed E-state index contributed by atoms with van der Waals surface area (Å²) in [5.41, 5.74) is 3.67. The molecule has 0 saturated heterocycles. The Hall–Kier alpha value is -2.33. The van der Waals surface area contributed by atoms with Gasteiger partial charge in [-0.15, -0.1) is 0 Å². The van der Waals surface area contributed by atoms with Gasteiger partial charge in [0, 0.05) is 26.6 Å². The molecule has 0 bridgehead atoms. The van der Waals surface area contributed by atoms with Crippen molar-refractivity contribution in [3.05, 3.63) is 71.3 Å². The van der Waals surface area contributed by atoms with Crippen molar-refractivity contribution in [3.63, 3.8) is 0 Å². The fourth-order valence-electron chi connectivity index (χ4n) is 2.82. The predicted octanol–water partition coefficient (Wildman–Crippen LogP) is 2.97. The van der Waals surface area contributed by atoms with Crippen molar-refractivity contribution in [2.75, 3.05) is 13.6 Å². The molecule has 0 spiro atoms. The van der Waals surface area contributed by atoms with Crippen molar-refractivity contribution in [1.82, 2.24) is 10.2 Å². The van der Waals surface area contributed by atoms with Gasteiger partial charge in [0.25, 0.3) is 0 Å².